The van der Waals surface area contributed by atoms with Gasteiger partial charge in [-0.2, -0.15) is 0 Å². The molecule has 1 saturated carbocycles. The average molecular weight is 272 g/mol. The third-order valence-corrected chi connectivity index (χ3v) is 5.68. The molecule has 1 fully saturated rings. The second-order valence-corrected chi connectivity index (χ2v) is 8.01. The largest absolute Gasteiger partial charge is 0.389 e. The highest BCUT2D eigenvalue weighted by Crippen LogP contribution is 2.45. The maximum absolute atomic E-state index is 11.1. The lowest BCUT2D eigenvalue weighted by Gasteiger charge is -2.45. The summed E-state index contributed by atoms with van der Waals surface area (Å²) >= 11 is 0. The summed E-state index contributed by atoms with van der Waals surface area (Å²) in [5, 5.41) is 11.1. The molecule has 110 valence electrons. The number of aliphatic hydroxyl groups is 1. The monoisotopic (exact) mass is 272 g/mol. The first-order valence-corrected chi connectivity index (χ1v) is 8.21. The Morgan fingerprint density at radius 3 is 2.65 bits per heavy atom. The second-order valence-electron chi connectivity index (χ2n) is 8.01. The van der Waals surface area contributed by atoms with Gasteiger partial charge in [-0.3, -0.25) is 0 Å². The van der Waals surface area contributed by atoms with E-state index in [1.54, 1.807) is 0 Å². The van der Waals surface area contributed by atoms with Crippen LogP contribution in [0.5, 0.6) is 0 Å². The summed E-state index contributed by atoms with van der Waals surface area (Å²) in [4.78, 5) is 0. The first kappa shape index (κ1) is 14.1. The second kappa shape index (κ2) is 4.87. The molecule has 2 atom stereocenters. The third-order valence-electron chi connectivity index (χ3n) is 5.68. The van der Waals surface area contributed by atoms with E-state index in [2.05, 4.69) is 39.0 Å². The van der Waals surface area contributed by atoms with Gasteiger partial charge in [0.25, 0.3) is 0 Å². The van der Waals surface area contributed by atoms with Crippen LogP contribution in [0.3, 0.4) is 0 Å². The quantitative estimate of drug-likeness (QED) is 0.851. The lowest BCUT2D eigenvalue weighted by Crippen LogP contribution is -2.45. The molecule has 2 aliphatic rings. The molecule has 0 saturated heterocycles. The molecule has 1 N–H and O–H groups in total. The van der Waals surface area contributed by atoms with Gasteiger partial charge in [-0.05, 0) is 66.5 Å². The molecule has 0 bridgehead atoms. The van der Waals surface area contributed by atoms with E-state index in [1.807, 2.05) is 0 Å². The molecule has 0 amide bonds. The van der Waals surface area contributed by atoms with Gasteiger partial charge in [0.1, 0.15) is 0 Å². The van der Waals surface area contributed by atoms with E-state index in [0.717, 1.165) is 25.7 Å². The van der Waals surface area contributed by atoms with Crippen LogP contribution in [0.2, 0.25) is 0 Å². The van der Waals surface area contributed by atoms with Crippen molar-refractivity contribution in [2.75, 3.05) is 0 Å². The minimum atomic E-state index is -0.498. The molecule has 0 spiro atoms. The summed E-state index contributed by atoms with van der Waals surface area (Å²) < 4.78 is 0. The zero-order chi connectivity index (χ0) is 14.4. The molecule has 0 radical (unpaired) electrons. The fourth-order valence-corrected chi connectivity index (χ4v) is 4.27. The van der Waals surface area contributed by atoms with Crippen molar-refractivity contribution in [3.05, 3.63) is 34.9 Å². The lowest BCUT2D eigenvalue weighted by atomic mass is 9.64. The molecule has 1 nitrogen and oxygen atoms in total. The van der Waals surface area contributed by atoms with E-state index in [-0.39, 0.29) is 0 Å². The van der Waals surface area contributed by atoms with Crippen LogP contribution in [0.15, 0.2) is 18.2 Å². The summed E-state index contributed by atoms with van der Waals surface area (Å²) in [7, 11) is 0. The van der Waals surface area contributed by atoms with E-state index in [0.29, 0.717) is 11.3 Å². The highest BCUT2D eigenvalue weighted by Gasteiger charge is 2.42. The molecule has 20 heavy (non-hydrogen) atoms. The maximum atomic E-state index is 11.1. The standard InChI is InChI=1S/C19H28O/c1-14-12-18(2,3)9-10-19(14,20)13-15-7-8-16-5-4-6-17(16)11-15/h7-8,11,14,20H,4-6,9-10,12-13H2,1-3H3. The van der Waals surface area contributed by atoms with Crippen LogP contribution in [0.4, 0.5) is 0 Å². The molecule has 0 heterocycles. The van der Waals surface area contributed by atoms with Crippen molar-refractivity contribution in [3.8, 4) is 0 Å². The Morgan fingerprint density at radius 2 is 1.90 bits per heavy atom. The van der Waals surface area contributed by atoms with Crippen molar-refractivity contribution in [1.82, 2.24) is 0 Å². The average Bonchev–Trinajstić information content (AvgIpc) is 2.82. The summed E-state index contributed by atoms with van der Waals surface area (Å²) in [6.45, 7) is 6.89. The molecule has 1 aromatic carbocycles. The fourth-order valence-electron chi connectivity index (χ4n) is 4.27. The van der Waals surface area contributed by atoms with E-state index in [9.17, 15) is 5.11 Å². The van der Waals surface area contributed by atoms with Gasteiger partial charge >= 0.3 is 0 Å². The molecule has 0 aliphatic heterocycles. The van der Waals surface area contributed by atoms with Crippen LogP contribution in [-0.2, 0) is 19.3 Å². The van der Waals surface area contributed by atoms with Crippen LogP contribution >= 0.6 is 0 Å². The van der Waals surface area contributed by atoms with E-state index in [1.165, 1.54) is 36.0 Å². The number of rotatable bonds is 2. The molecule has 1 heteroatoms. The normalized spacial score (nSPS) is 32.1. The van der Waals surface area contributed by atoms with Gasteiger partial charge in [-0.25, -0.2) is 0 Å². The van der Waals surface area contributed by atoms with Crippen LogP contribution in [0.25, 0.3) is 0 Å². The Morgan fingerprint density at radius 1 is 1.15 bits per heavy atom. The molecular weight excluding hydrogens is 244 g/mol. The van der Waals surface area contributed by atoms with Crippen molar-refractivity contribution >= 4 is 0 Å². The van der Waals surface area contributed by atoms with Crippen molar-refractivity contribution in [2.24, 2.45) is 11.3 Å². The van der Waals surface area contributed by atoms with Crippen molar-refractivity contribution in [2.45, 2.75) is 71.3 Å². The number of benzene rings is 1. The van der Waals surface area contributed by atoms with E-state index in [4.69, 9.17) is 0 Å². The van der Waals surface area contributed by atoms with Gasteiger partial charge in [0.2, 0.25) is 0 Å². The first-order valence-electron chi connectivity index (χ1n) is 8.21. The van der Waals surface area contributed by atoms with Crippen LogP contribution < -0.4 is 0 Å². The Balaban J connectivity index is 1.77. The van der Waals surface area contributed by atoms with Crippen molar-refractivity contribution in [3.63, 3.8) is 0 Å². The third kappa shape index (κ3) is 2.65. The van der Waals surface area contributed by atoms with E-state index < -0.39 is 5.60 Å². The zero-order valence-electron chi connectivity index (χ0n) is 13.2. The number of aryl methyl sites for hydroxylation is 2. The Bertz CT molecular complexity index is 502. The number of fused-ring (bicyclic) bond motifs is 1. The Hall–Kier alpha value is -0.820. The molecule has 2 aliphatic carbocycles. The molecule has 0 aromatic heterocycles. The minimum Gasteiger partial charge on any atom is -0.389 e. The summed E-state index contributed by atoms with van der Waals surface area (Å²) in [6.07, 6.45) is 7.81. The van der Waals surface area contributed by atoms with Gasteiger partial charge in [0.15, 0.2) is 0 Å². The van der Waals surface area contributed by atoms with Crippen LogP contribution in [0.1, 0.15) is 63.1 Å². The minimum absolute atomic E-state index is 0.388. The topological polar surface area (TPSA) is 20.2 Å². The van der Waals surface area contributed by atoms with Gasteiger partial charge < -0.3 is 5.11 Å². The molecule has 3 rings (SSSR count). The Labute approximate surface area is 123 Å². The smallest absolute Gasteiger partial charge is 0.0713 e. The highest BCUT2D eigenvalue weighted by molar-refractivity contribution is 5.36. The maximum Gasteiger partial charge on any atom is 0.0713 e. The predicted octanol–water partition coefficient (Wildman–Crippen LogP) is 4.30. The van der Waals surface area contributed by atoms with Crippen molar-refractivity contribution < 1.29 is 5.11 Å². The predicted molar refractivity (Wildman–Crippen MR) is 83.9 cm³/mol. The van der Waals surface area contributed by atoms with Crippen molar-refractivity contribution in [1.29, 1.82) is 0 Å². The first-order chi connectivity index (χ1) is 9.38. The molecule has 1 aromatic rings. The number of hydrogen-bond donors (Lipinski definition) is 1. The van der Waals surface area contributed by atoms with Crippen LogP contribution in [0, 0.1) is 11.3 Å². The molecule has 2 unspecified atom stereocenters. The Kier molecular flexibility index (Phi) is 3.44. The van der Waals surface area contributed by atoms with Gasteiger partial charge in [-0.15, -0.1) is 0 Å². The summed E-state index contributed by atoms with van der Waals surface area (Å²) in [5.74, 6) is 0.388. The number of hydrogen-bond acceptors (Lipinski definition) is 1. The molecular formula is C19H28O. The summed E-state index contributed by atoms with van der Waals surface area (Å²) in [5.41, 5.74) is 4.28. The summed E-state index contributed by atoms with van der Waals surface area (Å²) in [6, 6.07) is 6.89. The van der Waals surface area contributed by atoms with Crippen LogP contribution in [-0.4, -0.2) is 10.7 Å². The van der Waals surface area contributed by atoms with Gasteiger partial charge in [-0.1, -0.05) is 39.0 Å². The SMILES string of the molecule is CC1CC(C)(C)CCC1(O)Cc1ccc2c(c1)CCC2. The lowest BCUT2D eigenvalue weighted by molar-refractivity contribution is -0.0704. The fraction of sp³-hybridized carbons (Fsp3) is 0.684. The highest BCUT2D eigenvalue weighted by atomic mass is 16.3. The zero-order valence-corrected chi connectivity index (χ0v) is 13.2. The van der Waals surface area contributed by atoms with E-state index >= 15 is 0 Å². The van der Waals surface area contributed by atoms with Gasteiger partial charge in [0.05, 0.1) is 5.60 Å². The van der Waals surface area contributed by atoms with Gasteiger partial charge in [0, 0.05) is 6.42 Å².